The molecule has 0 spiro atoms. The predicted molar refractivity (Wildman–Crippen MR) is 121 cm³/mol. The Labute approximate surface area is 215 Å². The number of hydrogen-bond donors (Lipinski definition) is 4. The summed E-state index contributed by atoms with van der Waals surface area (Å²) in [7, 11) is 0. The van der Waals surface area contributed by atoms with E-state index in [1.165, 1.54) is 34.1 Å². The van der Waals surface area contributed by atoms with Gasteiger partial charge in [0.25, 0.3) is 5.91 Å². The van der Waals surface area contributed by atoms with E-state index in [2.05, 4.69) is 22.9 Å². The molecule has 0 aliphatic carbocycles. The Kier molecular flexibility index (Phi) is 6.32. The number of thiol groups is 1. The number of β-lactam (4-membered cyclic amide) rings is 1. The molecule has 3 aliphatic heterocycles. The molecule has 4 atom stereocenters. The standard InChI is InChI=1S/C21H18N4O6S.Na.H/c26-12-3-1-11(2-4-12)23-21(30)24-9-13-14-15(24)19(27)25(14)16(20(28)29)17(31-13)18(32)10-5-7-22-8-6-10;;/h1-8,13-15,18,26,32H,9H2,(H,23,30)(H,28,29);;/t13-,14-,15+,18?;;/m1../s1. The van der Waals surface area contributed by atoms with Crippen LogP contribution in [-0.2, 0) is 14.3 Å². The van der Waals surface area contributed by atoms with Crippen LogP contribution < -0.4 is 5.32 Å². The van der Waals surface area contributed by atoms with Gasteiger partial charge in [-0.25, -0.2) is 9.59 Å². The first-order valence-electron chi connectivity index (χ1n) is 9.78. The fraction of sp³-hybridized carbons (Fsp3) is 0.238. The topological polar surface area (TPSA) is 132 Å². The van der Waals surface area contributed by atoms with Gasteiger partial charge in [0.1, 0.15) is 29.7 Å². The molecule has 1 aromatic heterocycles. The average molecular weight is 478 g/mol. The van der Waals surface area contributed by atoms with Crippen LogP contribution in [0.2, 0.25) is 0 Å². The number of aromatic hydroxyl groups is 1. The minimum absolute atomic E-state index is 0. The molecule has 0 saturated carbocycles. The summed E-state index contributed by atoms with van der Waals surface area (Å²) in [6.45, 7) is 0.106. The Morgan fingerprint density at radius 3 is 2.48 bits per heavy atom. The number of ether oxygens (including phenoxy) is 1. The zero-order chi connectivity index (χ0) is 22.6. The molecule has 12 heteroatoms. The third-order valence-corrected chi connectivity index (χ3v) is 6.34. The summed E-state index contributed by atoms with van der Waals surface area (Å²) in [5.74, 6) is -1.67. The Bertz CT molecular complexity index is 1150. The van der Waals surface area contributed by atoms with Gasteiger partial charge in [0, 0.05) is 18.1 Å². The second-order valence-electron chi connectivity index (χ2n) is 7.63. The number of nitrogens with zero attached hydrogens (tertiary/aromatic N) is 3. The molecule has 0 bridgehead atoms. The molecule has 3 amide bonds. The van der Waals surface area contributed by atoms with Gasteiger partial charge in [-0.15, -0.1) is 0 Å². The third kappa shape index (κ3) is 3.84. The van der Waals surface area contributed by atoms with Gasteiger partial charge in [-0.3, -0.25) is 14.7 Å². The van der Waals surface area contributed by atoms with E-state index >= 15 is 0 Å². The first-order chi connectivity index (χ1) is 15.4. The van der Waals surface area contributed by atoms with Crippen LogP contribution in [-0.4, -0.2) is 97.2 Å². The van der Waals surface area contributed by atoms with Crippen molar-refractivity contribution in [2.24, 2.45) is 0 Å². The van der Waals surface area contributed by atoms with Gasteiger partial charge < -0.3 is 25.2 Å². The van der Waals surface area contributed by atoms with Crippen LogP contribution in [0.1, 0.15) is 10.8 Å². The summed E-state index contributed by atoms with van der Waals surface area (Å²) >= 11 is 4.55. The summed E-state index contributed by atoms with van der Waals surface area (Å²) in [6, 6.07) is 7.39. The molecular formula is C21H19N4NaO6S. The fourth-order valence-corrected chi connectivity index (χ4v) is 4.71. The molecule has 5 rings (SSSR count). The molecule has 2 fully saturated rings. The number of benzene rings is 1. The molecule has 10 nitrogen and oxygen atoms in total. The zero-order valence-corrected chi connectivity index (χ0v) is 17.3. The van der Waals surface area contributed by atoms with Crippen LogP contribution in [0.4, 0.5) is 10.5 Å². The van der Waals surface area contributed by atoms with Crippen LogP contribution in [0, 0.1) is 0 Å². The number of urea groups is 1. The molecule has 2 aromatic rings. The van der Waals surface area contributed by atoms with E-state index < -0.39 is 41.3 Å². The van der Waals surface area contributed by atoms with Crippen molar-refractivity contribution in [3.8, 4) is 5.75 Å². The minimum atomic E-state index is -1.30. The first kappa shape index (κ1) is 23.4. The van der Waals surface area contributed by atoms with Crippen LogP contribution in [0.5, 0.6) is 5.75 Å². The summed E-state index contributed by atoms with van der Waals surface area (Å²) < 4.78 is 6.05. The summed E-state index contributed by atoms with van der Waals surface area (Å²) in [4.78, 5) is 44.4. The first-order valence-corrected chi connectivity index (χ1v) is 10.3. The SMILES string of the molecule is O=C(O)C1=C(C(S)c2ccncc2)O[C@@H]2CN(C(=O)Nc3ccc(O)cc3)[C@@H]3C(=O)N1[C@@H]32.[NaH]. The van der Waals surface area contributed by atoms with Crippen LogP contribution in [0.15, 0.2) is 60.2 Å². The Hall–Kier alpha value is -2.73. The number of carboxylic acid groups (broad SMARTS) is 1. The number of likely N-dealkylation sites (tertiary alicyclic amines) is 1. The summed E-state index contributed by atoms with van der Waals surface area (Å²) in [5.41, 5.74) is 0.857. The third-order valence-electron chi connectivity index (χ3n) is 5.81. The second-order valence-corrected chi connectivity index (χ2v) is 8.15. The summed E-state index contributed by atoms with van der Waals surface area (Å²) in [5, 5.41) is 21.2. The molecule has 3 aliphatic rings. The van der Waals surface area contributed by atoms with Crippen molar-refractivity contribution in [2.75, 3.05) is 11.9 Å². The maximum atomic E-state index is 13.0. The fourth-order valence-electron chi connectivity index (χ4n) is 4.35. The van der Waals surface area contributed by atoms with E-state index in [0.29, 0.717) is 11.3 Å². The molecule has 0 radical (unpaired) electrons. The summed E-state index contributed by atoms with van der Waals surface area (Å²) in [6.07, 6.45) is 2.53. The van der Waals surface area contributed by atoms with Crippen molar-refractivity contribution in [3.05, 3.63) is 65.8 Å². The van der Waals surface area contributed by atoms with Crippen molar-refractivity contribution >= 4 is 65.8 Å². The number of carbonyl (C=O) groups excluding carboxylic acids is 2. The van der Waals surface area contributed by atoms with E-state index in [9.17, 15) is 24.6 Å². The van der Waals surface area contributed by atoms with Crippen LogP contribution in [0.25, 0.3) is 0 Å². The normalized spacial score (nSPS) is 23.7. The molecule has 4 heterocycles. The van der Waals surface area contributed by atoms with E-state index in [1.54, 1.807) is 24.5 Å². The van der Waals surface area contributed by atoms with Gasteiger partial charge in [-0.05, 0) is 42.0 Å². The van der Waals surface area contributed by atoms with Crippen molar-refractivity contribution < 1.29 is 29.3 Å². The number of pyridine rings is 1. The van der Waals surface area contributed by atoms with Crippen LogP contribution >= 0.6 is 12.6 Å². The number of phenols is 1. The van der Waals surface area contributed by atoms with E-state index in [4.69, 9.17) is 4.74 Å². The molecule has 33 heavy (non-hydrogen) atoms. The average Bonchev–Trinajstić information content (AvgIpc) is 3.16. The molecule has 166 valence electrons. The van der Waals surface area contributed by atoms with Crippen molar-refractivity contribution in [3.63, 3.8) is 0 Å². The molecular weight excluding hydrogens is 459 g/mol. The zero-order valence-electron chi connectivity index (χ0n) is 16.5. The predicted octanol–water partition coefficient (Wildman–Crippen LogP) is 0.932. The number of carbonyl (C=O) groups is 3. The molecule has 3 N–H and O–H groups in total. The van der Waals surface area contributed by atoms with E-state index in [0.717, 1.165) is 0 Å². The van der Waals surface area contributed by atoms with Gasteiger partial charge in [-0.1, -0.05) is 0 Å². The quantitative estimate of drug-likeness (QED) is 0.222. The number of amides is 3. The molecule has 1 aromatic carbocycles. The number of phenolic OH excluding ortho intramolecular Hbond substituents is 1. The van der Waals surface area contributed by atoms with Crippen molar-refractivity contribution in [2.45, 2.75) is 23.4 Å². The van der Waals surface area contributed by atoms with Crippen molar-refractivity contribution in [1.82, 2.24) is 14.8 Å². The van der Waals surface area contributed by atoms with Crippen LogP contribution in [0.3, 0.4) is 0 Å². The number of carboxylic acids is 1. The molecule has 2 saturated heterocycles. The number of anilines is 1. The Balaban J connectivity index is 0.00000259. The number of aliphatic carboxylic acids is 1. The van der Waals surface area contributed by atoms with Gasteiger partial charge in [0.05, 0.1) is 11.8 Å². The number of hydrogen-bond acceptors (Lipinski definition) is 7. The van der Waals surface area contributed by atoms with Crippen molar-refractivity contribution in [1.29, 1.82) is 0 Å². The van der Waals surface area contributed by atoms with Gasteiger partial charge in [0.15, 0.2) is 5.70 Å². The number of nitrogens with one attached hydrogen (secondary N) is 1. The monoisotopic (exact) mass is 478 g/mol. The van der Waals surface area contributed by atoms with Gasteiger partial charge >= 0.3 is 41.6 Å². The van der Waals surface area contributed by atoms with Gasteiger partial charge in [0.2, 0.25) is 0 Å². The number of rotatable bonds is 4. The maximum absolute atomic E-state index is 13.0. The second kappa shape index (κ2) is 8.90. The van der Waals surface area contributed by atoms with E-state index in [-0.39, 0.29) is 53.3 Å². The number of aromatic nitrogens is 1. The Morgan fingerprint density at radius 2 is 1.85 bits per heavy atom. The van der Waals surface area contributed by atoms with Gasteiger partial charge in [-0.2, -0.15) is 12.6 Å². The Morgan fingerprint density at radius 1 is 1.18 bits per heavy atom. The molecule has 1 unspecified atom stereocenters. The van der Waals surface area contributed by atoms with E-state index in [1.807, 2.05) is 0 Å².